The van der Waals surface area contributed by atoms with Crippen LogP contribution in [0.1, 0.15) is 24.2 Å². The number of carbonyl (C=O) groups is 1. The summed E-state index contributed by atoms with van der Waals surface area (Å²) in [5.74, 6) is -0.787. The first-order chi connectivity index (χ1) is 13.3. The second kappa shape index (κ2) is 6.13. The highest BCUT2D eigenvalue weighted by Gasteiger charge is 2.23. The fraction of sp³-hybridized carbons (Fsp3) is 0.211. The molecule has 9 heteroatoms. The standard InChI is InChI=1S/C19H16FN7O/c1-19(2,9-21)25-18(28)12-7-22-17-16(12)24-13(8-23-17)15-11-5-4-10(20)6-14(11)27(3)26-15/h4-8H,1-3H3,(H,22,23)(H,25,28). The predicted octanol–water partition coefficient (Wildman–Crippen LogP) is 2.68. The van der Waals surface area contributed by atoms with Gasteiger partial charge in [0.05, 0.1) is 23.3 Å². The van der Waals surface area contributed by atoms with Crippen molar-refractivity contribution in [3.63, 3.8) is 0 Å². The number of benzene rings is 1. The number of halogens is 1. The molecule has 0 atom stereocenters. The van der Waals surface area contributed by atoms with Crippen LogP contribution in [0.3, 0.4) is 0 Å². The van der Waals surface area contributed by atoms with Crippen LogP contribution >= 0.6 is 0 Å². The summed E-state index contributed by atoms with van der Waals surface area (Å²) in [7, 11) is 1.72. The van der Waals surface area contributed by atoms with Gasteiger partial charge in [-0.1, -0.05) is 0 Å². The number of amides is 1. The lowest BCUT2D eigenvalue weighted by atomic mass is 10.1. The summed E-state index contributed by atoms with van der Waals surface area (Å²) in [5, 5.41) is 16.9. The zero-order valence-corrected chi connectivity index (χ0v) is 15.4. The van der Waals surface area contributed by atoms with Crippen LogP contribution < -0.4 is 5.32 Å². The van der Waals surface area contributed by atoms with Crippen molar-refractivity contribution in [2.24, 2.45) is 7.05 Å². The maximum atomic E-state index is 13.6. The molecular weight excluding hydrogens is 361 g/mol. The Kier molecular flexibility index (Phi) is 3.85. The second-order valence-electron chi connectivity index (χ2n) is 6.98. The Bertz CT molecular complexity index is 1280. The Morgan fingerprint density at radius 1 is 1.39 bits per heavy atom. The topological polar surface area (TPSA) is 112 Å². The summed E-state index contributed by atoms with van der Waals surface area (Å²) in [4.78, 5) is 24.4. The zero-order chi connectivity index (χ0) is 20.1. The van der Waals surface area contributed by atoms with Crippen molar-refractivity contribution in [1.82, 2.24) is 30.0 Å². The van der Waals surface area contributed by atoms with Gasteiger partial charge >= 0.3 is 0 Å². The number of aromatic nitrogens is 5. The average Bonchev–Trinajstić information content (AvgIpc) is 3.22. The Morgan fingerprint density at radius 3 is 2.93 bits per heavy atom. The molecule has 140 valence electrons. The predicted molar refractivity (Wildman–Crippen MR) is 101 cm³/mol. The van der Waals surface area contributed by atoms with Crippen molar-refractivity contribution in [3.8, 4) is 17.5 Å². The summed E-state index contributed by atoms with van der Waals surface area (Å²) >= 11 is 0. The Labute approximate surface area is 159 Å². The third-order valence-electron chi connectivity index (χ3n) is 4.39. The molecule has 3 aromatic heterocycles. The molecule has 8 nitrogen and oxygen atoms in total. The van der Waals surface area contributed by atoms with E-state index in [1.165, 1.54) is 18.3 Å². The highest BCUT2D eigenvalue weighted by Crippen LogP contribution is 2.28. The van der Waals surface area contributed by atoms with Crippen LogP contribution in [0, 0.1) is 17.1 Å². The third kappa shape index (κ3) is 2.85. The highest BCUT2D eigenvalue weighted by molar-refractivity contribution is 6.05. The van der Waals surface area contributed by atoms with E-state index in [1.807, 2.05) is 6.07 Å². The number of rotatable bonds is 3. The van der Waals surface area contributed by atoms with Gasteiger partial charge in [-0.15, -0.1) is 0 Å². The summed E-state index contributed by atoms with van der Waals surface area (Å²) in [6.07, 6.45) is 3.05. The molecular formula is C19H16FN7O. The van der Waals surface area contributed by atoms with E-state index in [9.17, 15) is 9.18 Å². The Balaban J connectivity index is 1.83. The molecule has 1 aromatic carbocycles. The van der Waals surface area contributed by atoms with Gasteiger partial charge in [0, 0.05) is 18.6 Å². The van der Waals surface area contributed by atoms with Crippen LogP contribution in [0.5, 0.6) is 0 Å². The number of fused-ring (bicyclic) bond motifs is 2. The summed E-state index contributed by atoms with van der Waals surface area (Å²) in [6.45, 7) is 3.21. The van der Waals surface area contributed by atoms with Crippen LogP contribution in [0.4, 0.5) is 4.39 Å². The Hall–Kier alpha value is -3.80. The molecule has 0 bridgehead atoms. The second-order valence-corrected chi connectivity index (χ2v) is 6.98. The zero-order valence-electron chi connectivity index (χ0n) is 15.4. The van der Waals surface area contributed by atoms with Crippen molar-refractivity contribution >= 4 is 28.0 Å². The number of hydrogen-bond acceptors (Lipinski definition) is 5. The monoisotopic (exact) mass is 377 g/mol. The molecule has 0 fully saturated rings. The lowest BCUT2D eigenvalue weighted by Gasteiger charge is -2.16. The maximum absolute atomic E-state index is 13.6. The van der Waals surface area contributed by atoms with Crippen molar-refractivity contribution in [2.45, 2.75) is 19.4 Å². The first-order valence-corrected chi connectivity index (χ1v) is 8.49. The van der Waals surface area contributed by atoms with E-state index in [2.05, 4.69) is 25.4 Å². The van der Waals surface area contributed by atoms with Gasteiger partial charge in [-0.2, -0.15) is 10.4 Å². The van der Waals surface area contributed by atoms with Crippen molar-refractivity contribution in [2.75, 3.05) is 0 Å². The first kappa shape index (κ1) is 17.6. The van der Waals surface area contributed by atoms with Gasteiger partial charge in [-0.05, 0) is 32.0 Å². The molecule has 0 aliphatic rings. The van der Waals surface area contributed by atoms with E-state index in [0.717, 1.165) is 5.39 Å². The third-order valence-corrected chi connectivity index (χ3v) is 4.39. The summed E-state index contributed by atoms with van der Waals surface area (Å²) in [6, 6.07) is 6.42. The molecule has 0 saturated carbocycles. The molecule has 3 heterocycles. The number of H-pyrrole nitrogens is 1. The van der Waals surface area contributed by atoms with Crippen molar-refractivity contribution in [1.29, 1.82) is 5.26 Å². The lowest BCUT2D eigenvalue weighted by Crippen LogP contribution is -2.42. The molecule has 4 rings (SSSR count). The van der Waals surface area contributed by atoms with Gasteiger partial charge in [-0.25, -0.2) is 14.4 Å². The molecule has 2 N–H and O–H groups in total. The van der Waals surface area contributed by atoms with Gasteiger partial charge in [0.25, 0.3) is 5.91 Å². The number of nitrogens with one attached hydrogen (secondary N) is 2. The first-order valence-electron chi connectivity index (χ1n) is 8.49. The fourth-order valence-corrected chi connectivity index (χ4v) is 2.98. The number of hydrogen-bond donors (Lipinski definition) is 2. The van der Waals surface area contributed by atoms with Crippen LogP contribution in [0.2, 0.25) is 0 Å². The number of aryl methyl sites for hydroxylation is 1. The van der Waals surface area contributed by atoms with Gasteiger partial charge < -0.3 is 10.3 Å². The van der Waals surface area contributed by atoms with Crippen LogP contribution in [-0.2, 0) is 7.05 Å². The molecule has 0 unspecified atom stereocenters. The minimum absolute atomic E-state index is 0.277. The molecule has 4 aromatic rings. The van der Waals surface area contributed by atoms with Crippen molar-refractivity contribution in [3.05, 3.63) is 42.0 Å². The largest absolute Gasteiger partial charge is 0.344 e. The van der Waals surface area contributed by atoms with Gasteiger partial charge in [-0.3, -0.25) is 9.48 Å². The molecule has 0 saturated heterocycles. The van der Waals surface area contributed by atoms with E-state index in [1.54, 1.807) is 37.8 Å². The minimum Gasteiger partial charge on any atom is -0.344 e. The Morgan fingerprint density at radius 2 is 2.18 bits per heavy atom. The lowest BCUT2D eigenvalue weighted by molar-refractivity contribution is 0.0931. The van der Waals surface area contributed by atoms with Gasteiger partial charge in [0.1, 0.15) is 28.3 Å². The quantitative estimate of drug-likeness (QED) is 0.570. The van der Waals surface area contributed by atoms with E-state index in [0.29, 0.717) is 28.1 Å². The van der Waals surface area contributed by atoms with E-state index in [-0.39, 0.29) is 11.4 Å². The fourth-order valence-electron chi connectivity index (χ4n) is 2.98. The molecule has 1 amide bonds. The average molecular weight is 377 g/mol. The van der Waals surface area contributed by atoms with E-state index >= 15 is 0 Å². The molecule has 0 aliphatic heterocycles. The number of aromatic amines is 1. The molecule has 0 spiro atoms. The van der Waals surface area contributed by atoms with Crippen molar-refractivity contribution < 1.29 is 9.18 Å². The van der Waals surface area contributed by atoms with E-state index < -0.39 is 11.4 Å². The SMILES string of the molecule is Cn1nc(-c2cnc3[nH]cc(C(=O)NC(C)(C)C#N)c3n2)c2ccc(F)cc21. The number of nitriles is 1. The van der Waals surface area contributed by atoms with Crippen LogP contribution in [0.25, 0.3) is 33.5 Å². The maximum Gasteiger partial charge on any atom is 0.256 e. The van der Waals surface area contributed by atoms with Crippen LogP contribution in [-0.4, -0.2) is 36.2 Å². The van der Waals surface area contributed by atoms with Gasteiger partial charge in [0.15, 0.2) is 5.65 Å². The molecule has 28 heavy (non-hydrogen) atoms. The summed E-state index contributed by atoms with van der Waals surface area (Å²) in [5.41, 5.74) is 1.68. The number of nitrogens with zero attached hydrogens (tertiary/aromatic N) is 5. The van der Waals surface area contributed by atoms with Gasteiger partial charge in [0.2, 0.25) is 0 Å². The smallest absolute Gasteiger partial charge is 0.256 e. The summed E-state index contributed by atoms with van der Waals surface area (Å²) < 4.78 is 15.1. The number of carbonyl (C=O) groups excluding carboxylic acids is 1. The van der Waals surface area contributed by atoms with Crippen LogP contribution in [0.15, 0.2) is 30.6 Å². The molecule has 0 aliphatic carbocycles. The minimum atomic E-state index is -1.02. The highest BCUT2D eigenvalue weighted by atomic mass is 19.1. The van der Waals surface area contributed by atoms with E-state index in [4.69, 9.17) is 5.26 Å². The normalized spacial score (nSPS) is 11.7. The molecule has 0 radical (unpaired) electrons.